The molecule has 0 unspecified atom stereocenters. The lowest BCUT2D eigenvalue weighted by molar-refractivity contribution is 0.413. The van der Waals surface area contributed by atoms with E-state index in [1.54, 1.807) is 19.2 Å². The first-order valence-corrected chi connectivity index (χ1v) is 6.66. The molecule has 0 spiro atoms. The highest BCUT2D eigenvalue weighted by Gasteiger charge is 2.06. The molecular weight excluding hydrogens is 295 g/mol. The molecule has 1 N–H and O–H groups in total. The number of rotatable bonds is 4. The topological polar surface area (TPSA) is 45.0 Å². The number of nitrogens with zero attached hydrogens (tertiary/aromatic N) is 1. The molecule has 0 saturated heterocycles. The molecule has 0 amide bonds. The van der Waals surface area contributed by atoms with E-state index in [9.17, 15) is 0 Å². The Morgan fingerprint density at radius 3 is 2.75 bits per heavy atom. The van der Waals surface area contributed by atoms with E-state index in [2.05, 4.69) is 11.4 Å². The van der Waals surface area contributed by atoms with Gasteiger partial charge in [0.15, 0.2) is 0 Å². The van der Waals surface area contributed by atoms with Crippen molar-refractivity contribution in [3.05, 3.63) is 57.6 Å². The SMILES string of the molecule is COc1cc(CNc2cccc(Cl)c2Cl)ccc1C#N. The van der Waals surface area contributed by atoms with Crippen LogP contribution in [0.2, 0.25) is 10.0 Å². The lowest BCUT2D eigenvalue weighted by atomic mass is 10.1. The third-order valence-electron chi connectivity index (χ3n) is 2.82. The highest BCUT2D eigenvalue weighted by atomic mass is 35.5. The summed E-state index contributed by atoms with van der Waals surface area (Å²) in [5, 5.41) is 13.1. The molecule has 0 atom stereocenters. The fraction of sp³-hybridized carbons (Fsp3) is 0.133. The van der Waals surface area contributed by atoms with E-state index in [0.717, 1.165) is 11.3 Å². The summed E-state index contributed by atoms with van der Waals surface area (Å²) in [7, 11) is 1.54. The van der Waals surface area contributed by atoms with Crippen molar-refractivity contribution in [1.82, 2.24) is 0 Å². The molecule has 0 aliphatic carbocycles. The van der Waals surface area contributed by atoms with E-state index in [0.29, 0.717) is 27.9 Å². The standard InChI is InChI=1S/C15H12Cl2N2O/c1-20-14-7-10(5-6-11(14)8-18)9-19-13-4-2-3-12(16)15(13)17/h2-7,19H,9H2,1H3. The van der Waals surface area contributed by atoms with Gasteiger partial charge in [-0.05, 0) is 29.8 Å². The van der Waals surface area contributed by atoms with E-state index >= 15 is 0 Å². The lowest BCUT2D eigenvalue weighted by Crippen LogP contribution is -2.01. The van der Waals surface area contributed by atoms with Crippen molar-refractivity contribution in [3.8, 4) is 11.8 Å². The maximum absolute atomic E-state index is 8.94. The van der Waals surface area contributed by atoms with Gasteiger partial charge in [-0.3, -0.25) is 0 Å². The van der Waals surface area contributed by atoms with Gasteiger partial charge in [0.05, 0.1) is 28.4 Å². The number of benzene rings is 2. The maximum atomic E-state index is 8.94. The van der Waals surface area contributed by atoms with Gasteiger partial charge in [0.1, 0.15) is 11.8 Å². The Kier molecular flexibility index (Phi) is 4.73. The van der Waals surface area contributed by atoms with Crippen LogP contribution >= 0.6 is 23.2 Å². The summed E-state index contributed by atoms with van der Waals surface area (Å²) in [6.07, 6.45) is 0. The molecule has 0 aliphatic rings. The van der Waals surface area contributed by atoms with Gasteiger partial charge in [-0.1, -0.05) is 35.3 Å². The molecule has 3 nitrogen and oxygen atoms in total. The molecule has 0 fully saturated rings. The molecule has 2 aromatic carbocycles. The van der Waals surface area contributed by atoms with Crippen LogP contribution in [-0.2, 0) is 6.54 Å². The minimum absolute atomic E-state index is 0.495. The predicted octanol–water partition coefficient (Wildman–Crippen LogP) is 4.49. The first-order chi connectivity index (χ1) is 9.65. The normalized spacial score (nSPS) is 9.90. The monoisotopic (exact) mass is 306 g/mol. The van der Waals surface area contributed by atoms with Crippen LogP contribution < -0.4 is 10.1 Å². The predicted molar refractivity (Wildman–Crippen MR) is 81.5 cm³/mol. The molecule has 0 bridgehead atoms. The van der Waals surface area contributed by atoms with E-state index in [1.807, 2.05) is 24.3 Å². The van der Waals surface area contributed by atoms with Crippen molar-refractivity contribution in [2.75, 3.05) is 12.4 Å². The minimum atomic E-state index is 0.495. The second-order valence-electron chi connectivity index (χ2n) is 4.10. The van der Waals surface area contributed by atoms with Crippen LogP contribution in [0, 0.1) is 11.3 Å². The number of nitrogens with one attached hydrogen (secondary N) is 1. The molecule has 0 aromatic heterocycles. The van der Waals surface area contributed by atoms with Crippen LogP contribution in [0.25, 0.3) is 0 Å². The van der Waals surface area contributed by atoms with Crippen LogP contribution in [0.15, 0.2) is 36.4 Å². The summed E-state index contributed by atoms with van der Waals surface area (Å²) in [5.74, 6) is 0.559. The van der Waals surface area contributed by atoms with Crippen molar-refractivity contribution in [2.24, 2.45) is 0 Å². The number of halogens is 2. The smallest absolute Gasteiger partial charge is 0.136 e. The lowest BCUT2D eigenvalue weighted by Gasteiger charge is -2.10. The van der Waals surface area contributed by atoms with Crippen LogP contribution in [-0.4, -0.2) is 7.11 Å². The average Bonchev–Trinajstić information content (AvgIpc) is 2.48. The van der Waals surface area contributed by atoms with Gasteiger partial charge in [-0.2, -0.15) is 5.26 Å². The van der Waals surface area contributed by atoms with Crippen molar-refractivity contribution in [1.29, 1.82) is 5.26 Å². The minimum Gasteiger partial charge on any atom is -0.495 e. The van der Waals surface area contributed by atoms with Crippen molar-refractivity contribution >= 4 is 28.9 Å². The van der Waals surface area contributed by atoms with E-state index in [4.69, 9.17) is 33.2 Å². The van der Waals surface area contributed by atoms with Crippen molar-refractivity contribution < 1.29 is 4.74 Å². The molecule has 0 heterocycles. The fourth-order valence-electron chi connectivity index (χ4n) is 1.78. The first kappa shape index (κ1) is 14.5. The molecule has 2 aromatic rings. The van der Waals surface area contributed by atoms with E-state index in [-0.39, 0.29) is 0 Å². The van der Waals surface area contributed by atoms with Crippen molar-refractivity contribution in [2.45, 2.75) is 6.54 Å². The van der Waals surface area contributed by atoms with Crippen LogP contribution in [0.3, 0.4) is 0 Å². The maximum Gasteiger partial charge on any atom is 0.136 e. The fourth-order valence-corrected chi connectivity index (χ4v) is 2.14. The van der Waals surface area contributed by atoms with Gasteiger partial charge in [0, 0.05) is 6.54 Å². The molecule has 102 valence electrons. The number of anilines is 1. The van der Waals surface area contributed by atoms with Crippen LogP contribution in [0.4, 0.5) is 5.69 Å². The second kappa shape index (κ2) is 6.51. The highest BCUT2D eigenvalue weighted by molar-refractivity contribution is 6.43. The Morgan fingerprint density at radius 2 is 2.05 bits per heavy atom. The summed E-state index contributed by atoms with van der Waals surface area (Å²) < 4.78 is 5.17. The third-order valence-corrected chi connectivity index (χ3v) is 3.64. The molecule has 0 aliphatic heterocycles. The Bertz CT molecular complexity index is 665. The Hall–Kier alpha value is -1.89. The summed E-state index contributed by atoms with van der Waals surface area (Å²) in [6, 6.07) is 12.9. The molecule has 2 rings (SSSR count). The molecule has 5 heteroatoms. The van der Waals surface area contributed by atoms with Crippen molar-refractivity contribution in [3.63, 3.8) is 0 Å². The first-order valence-electron chi connectivity index (χ1n) is 5.90. The third kappa shape index (κ3) is 3.16. The van der Waals surface area contributed by atoms with E-state index in [1.165, 1.54) is 0 Å². The van der Waals surface area contributed by atoms with Crippen LogP contribution in [0.5, 0.6) is 5.75 Å². The Morgan fingerprint density at radius 1 is 1.25 bits per heavy atom. The molecule has 0 radical (unpaired) electrons. The van der Waals surface area contributed by atoms with E-state index < -0.39 is 0 Å². The molecule has 20 heavy (non-hydrogen) atoms. The van der Waals surface area contributed by atoms with Crippen LogP contribution in [0.1, 0.15) is 11.1 Å². The zero-order valence-corrected chi connectivity index (χ0v) is 12.3. The number of hydrogen-bond donors (Lipinski definition) is 1. The average molecular weight is 307 g/mol. The van der Waals surface area contributed by atoms with Gasteiger partial charge >= 0.3 is 0 Å². The highest BCUT2D eigenvalue weighted by Crippen LogP contribution is 2.30. The Labute approximate surface area is 127 Å². The van der Waals surface area contributed by atoms with Gasteiger partial charge in [0.25, 0.3) is 0 Å². The summed E-state index contributed by atoms with van der Waals surface area (Å²) in [4.78, 5) is 0. The summed E-state index contributed by atoms with van der Waals surface area (Å²) >= 11 is 12.1. The van der Waals surface area contributed by atoms with Gasteiger partial charge in [-0.25, -0.2) is 0 Å². The van der Waals surface area contributed by atoms with Gasteiger partial charge in [0.2, 0.25) is 0 Å². The van der Waals surface area contributed by atoms with Gasteiger partial charge < -0.3 is 10.1 Å². The Balaban J connectivity index is 2.15. The number of methoxy groups -OCH3 is 1. The quantitative estimate of drug-likeness (QED) is 0.905. The zero-order chi connectivity index (χ0) is 14.5. The summed E-state index contributed by atoms with van der Waals surface area (Å²) in [5.41, 5.74) is 2.26. The number of nitriles is 1. The largest absolute Gasteiger partial charge is 0.495 e. The summed E-state index contributed by atoms with van der Waals surface area (Å²) in [6.45, 7) is 0.558. The zero-order valence-electron chi connectivity index (χ0n) is 10.8. The number of hydrogen-bond acceptors (Lipinski definition) is 3. The molecule has 0 saturated carbocycles. The second-order valence-corrected chi connectivity index (χ2v) is 4.89. The molecular formula is C15H12Cl2N2O. The number of ether oxygens (including phenoxy) is 1. The van der Waals surface area contributed by atoms with Gasteiger partial charge in [-0.15, -0.1) is 0 Å².